The summed E-state index contributed by atoms with van der Waals surface area (Å²) in [6, 6.07) is 16.7. The fourth-order valence-electron chi connectivity index (χ4n) is 3.38. The lowest BCUT2D eigenvalue weighted by molar-refractivity contribution is 0.191. The summed E-state index contributed by atoms with van der Waals surface area (Å²) in [4.78, 5) is 16.6. The second-order valence-electron chi connectivity index (χ2n) is 7.62. The van der Waals surface area contributed by atoms with Crippen molar-refractivity contribution < 1.29 is 9.53 Å². The van der Waals surface area contributed by atoms with Gasteiger partial charge in [0.1, 0.15) is 12.4 Å². The van der Waals surface area contributed by atoms with Crippen LogP contribution in [0.3, 0.4) is 0 Å². The second-order valence-corrected chi connectivity index (χ2v) is 7.62. The summed E-state index contributed by atoms with van der Waals surface area (Å²) in [6.45, 7) is 10.6. The average Bonchev–Trinajstić information content (AvgIpc) is 2.71. The predicted molar refractivity (Wildman–Crippen MR) is 114 cm³/mol. The van der Waals surface area contributed by atoms with E-state index in [4.69, 9.17) is 4.74 Å². The molecule has 1 N–H and O–H groups in total. The van der Waals surface area contributed by atoms with Crippen molar-refractivity contribution in [1.29, 1.82) is 0 Å². The number of amides is 2. The van der Waals surface area contributed by atoms with Crippen LogP contribution in [0.1, 0.15) is 30.9 Å². The molecule has 0 radical (unpaired) electrons. The molecule has 150 valence electrons. The molecule has 1 aliphatic rings. The van der Waals surface area contributed by atoms with Gasteiger partial charge in [-0.2, -0.15) is 0 Å². The van der Waals surface area contributed by atoms with Crippen LogP contribution >= 0.6 is 0 Å². The Balaban J connectivity index is 1.36. The Morgan fingerprint density at radius 3 is 2.43 bits per heavy atom. The number of urea groups is 1. The minimum atomic E-state index is -0.0114. The fourth-order valence-corrected chi connectivity index (χ4v) is 3.38. The quantitative estimate of drug-likeness (QED) is 0.769. The van der Waals surface area contributed by atoms with E-state index < -0.39 is 0 Å². The van der Waals surface area contributed by atoms with E-state index in [0.717, 1.165) is 31.9 Å². The molecule has 5 nitrogen and oxygen atoms in total. The lowest BCUT2D eigenvalue weighted by Gasteiger charge is -2.36. The van der Waals surface area contributed by atoms with E-state index >= 15 is 0 Å². The SMILES string of the molecule is Cc1cccc(N2CCN(C(=O)NCCOc3ccc(C(C)C)cc3)CC2)c1. The van der Waals surface area contributed by atoms with E-state index in [-0.39, 0.29) is 6.03 Å². The molecular weight excluding hydrogens is 350 g/mol. The molecule has 3 rings (SSSR count). The highest BCUT2D eigenvalue weighted by Crippen LogP contribution is 2.19. The normalized spacial score (nSPS) is 14.3. The van der Waals surface area contributed by atoms with Crippen LogP contribution in [-0.4, -0.2) is 50.3 Å². The van der Waals surface area contributed by atoms with E-state index in [1.165, 1.54) is 16.8 Å². The third-order valence-corrected chi connectivity index (χ3v) is 5.13. The second kappa shape index (κ2) is 9.49. The Hall–Kier alpha value is -2.69. The molecule has 2 aromatic carbocycles. The molecule has 1 fully saturated rings. The number of carbonyl (C=O) groups excluding carboxylic acids is 1. The molecule has 2 aromatic rings. The third kappa shape index (κ3) is 5.41. The van der Waals surface area contributed by atoms with Gasteiger partial charge in [-0.05, 0) is 48.2 Å². The van der Waals surface area contributed by atoms with Gasteiger partial charge in [-0.1, -0.05) is 38.1 Å². The molecule has 1 heterocycles. The van der Waals surface area contributed by atoms with Crippen LogP contribution in [0.2, 0.25) is 0 Å². The Bertz CT molecular complexity index is 766. The van der Waals surface area contributed by atoms with Crippen LogP contribution < -0.4 is 15.0 Å². The molecular formula is C23H31N3O2. The number of nitrogens with one attached hydrogen (secondary N) is 1. The van der Waals surface area contributed by atoms with E-state index in [9.17, 15) is 4.79 Å². The van der Waals surface area contributed by atoms with Gasteiger partial charge in [-0.25, -0.2) is 4.79 Å². The zero-order valence-electron chi connectivity index (χ0n) is 17.1. The third-order valence-electron chi connectivity index (χ3n) is 5.13. The highest BCUT2D eigenvalue weighted by atomic mass is 16.5. The van der Waals surface area contributed by atoms with Crippen molar-refractivity contribution in [2.75, 3.05) is 44.2 Å². The van der Waals surface area contributed by atoms with Gasteiger partial charge in [0, 0.05) is 31.9 Å². The molecule has 0 aliphatic carbocycles. The monoisotopic (exact) mass is 381 g/mol. The summed E-state index contributed by atoms with van der Waals surface area (Å²) in [6.07, 6.45) is 0. The van der Waals surface area contributed by atoms with Gasteiger partial charge in [-0.15, -0.1) is 0 Å². The molecule has 0 spiro atoms. The lowest BCUT2D eigenvalue weighted by Crippen LogP contribution is -2.52. The molecule has 0 bridgehead atoms. The van der Waals surface area contributed by atoms with Crippen molar-refractivity contribution in [3.8, 4) is 5.75 Å². The maximum Gasteiger partial charge on any atom is 0.317 e. The molecule has 1 saturated heterocycles. The van der Waals surface area contributed by atoms with Crippen molar-refractivity contribution in [1.82, 2.24) is 10.2 Å². The summed E-state index contributed by atoms with van der Waals surface area (Å²) >= 11 is 0. The summed E-state index contributed by atoms with van der Waals surface area (Å²) < 4.78 is 5.72. The number of hydrogen-bond donors (Lipinski definition) is 1. The van der Waals surface area contributed by atoms with Gasteiger partial charge in [0.15, 0.2) is 0 Å². The van der Waals surface area contributed by atoms with Crippen LogP contribution in [-0.2, 0) is 0 Å². The number of carbonyl (C=O) groups is 1. The molecule has 1 aliphatic heterocycles. The first-order valence-corrected chi connectivity index (χ1v) is 10.1. The van der Waals surface area contributed by atoms with Gasteiger partial charge in [0.05, 0.1) is 6.54 Å². The number of hydrogen-bond acceptors (Lipinski definition) is 3. The fraction of sp³-hybridized carbons (Fsp3) is 0.435. The predicted octanol–water partition coefficient (Wildman–Crippen LogP) is 4.03. The van der Waals surface area contributed by atoms with Crippen molar-refractivity contribution in [2.24, 2.45) is 0 Å². The van der Waals surface area contributed by atoms with Crippen LogP contribution in [0.15, 0.2) is 48.5 Å². The molecule has 0 saturated carbocycles. The van der Waals surface area contributed by atoms with Crippen LogP contribution in [0.25, 0.3) is 0 Å². The highest BCUT2D eigenvalue weighted by Gasteiger charge is 2.21. The Kier molecular flexibility index (Phi) is 6.80. The van der Waals surface area contributed by atoms with Gasteiger partial charge < -0.3 is 19.9 Å². The van der Waals surface area contributed by atoms with Crippen molar-refractivity contribution in [2.45, 2.75) is 26.7 Å². The largest absolute Gasteiger partial charge is 0.492 e. The number of nitrogens with zero attached hydrogens (tertiary/aromatic N) is 2. The number of benzene rings is 2. The van der Waals surface area contributed by atoms with Crippen LogP contribution in [0, 0.1) is 6.92 Å². The summed E-state index contributed by atoms with van der Waals surface area (Å²) in [5.74, 6) is 1.35. The van der Waals surface area contributed by atoms with Crippen LogP contribution in [0.4, 0.5) is 10.5 Å². The van der Waals surface area contributed by atoms with Crippen molar-refractivity contribution in [3.63, 3.8) is 0 Å². The number of ether oxygens (including phenoxy) is 1. The minimum absolute atomic E-state index is 0.0114. The zero-order valence-corrected chi connectivity index (χ0v) is 17.1. The van der Waals surface area contributed by atoms with E-state index in [0.29, 0.717) is 19.1 Å². The maximum absolute atomic E-state index is 12.4. The number of anilines is 1. The molecule has 0 unspecified atom stereocenters. The number of aryl methyl sites for hydroxylation is 1. The molecule has 0 atom stereocenters. The van der Waals surface area contributed by atoms with Gasteiger partial charge >= 0.3 is 6.03 Å². The van der Waals surface area contributed by atoms with E-state index in [1.54, 1.807) is 0 Å². The summed E-state index contributed by atoms with van der Waals surface area (Å²) in [7, 11) is 0. The summed E-state index contributed by atoms with van der Waals surface area (Å²) in [5, 5.41) is 2.96. The van der Waals surface area contributed by atoms with Crippen LogP contribution in [0.5, 0.6) is 5.75 Å². The standard InChI is InChI=1S/C23H31N3O2/c1-18(2)20-7-9-22(10-8-20)28-16-11-24-23(27)26-14-12-25(13-15-26)21-6-4-5-19(3)17-21/h4-10,17-18H,11-16H2,1-3H3,(H,24,27). The molecule has 2 amide bonds. The Morgan fingerprint density at radius 1 is 1.07 bits per heavy atom. The van der Waals surface area contributed by atoms with Crippen molar-refractivity contribution in [3.05, 3.63) is 59.7 Å². The maximum atomic E-state index is 12.4. The molecule has 28 heavy (non-hydrogen) atoms. The van der Waals surface area contributed by atoms with Gasteiger partial charge in [0.25, 0.3) is 0 Å². The first-order valence-electron chi connectivity index (χ1n) is 10.1. The Morgan fingerprint density at radius 2 is 1.79 bits per heavy atom. The van der Waals surface area contributed by atoms with Crippen molar-refractivity contribution >= 4 is 11.7 Å². The number of piperazine rings is 1. The minimum Gasteiger partial charge on any atom is -0.492 e. The molecule has 5 heteroatoms. The van der Waals surface area contributed by atoms with E-state index in [1.807, 2.05) is 17.0 Å². The summed E-state index contributed by atoms with van der Waals surface area (Å²) in [5.41, 5.74) is 3.79. The highest BCUT2D eigenvalue weighted by molar-refractivity contribution is 5.74. The van der Waals surface area contributed by atoms with Gasteiger partial charge in [-0.3, -0.25) is 0 Å². The zero-order chi connectivity index (χ0) is 19.9. The Labute approximate surface area is 168 Å². The number of rotatable bonds is 6. The molecule has 0 aromatic heterocycles. The smallest absolute Gasteiger partial charge is 0.317 e. The lowest BCUT2D eigenvalue weighted by atomic mass is 10.0. The van der Waals surface area contributed by atoms with E-state index in [2.05, 4.69) is 67.4 Å². The average molecular weight is 382 g/mol. The van der Waals surface area contributed by atoms with Gasteiger partial charge in [0.2, 0.25) is 0 Å². The topological polar surface area (TPSA) is 44.8 Å². The first kappa shape index (κ1) is 20.1. The first-order chi connectivity index (χ1) is 13.5.